The standard InChI is InChI=1S/C19H20N2O3/c1-11(2)17(19(23)24-3)21-18(22)16-10-14-13-7-5-4-6-12(13)8-9-15(14)20-16/h4-11,17,20H,1-3H3,(H,21,22)/t17-/m1/s1. The van der Waals surface area contributed by atoms with Crippen molar-refractivity contribution >= 4 is 33.6 Å². The molecule has 2 N–H and O–H groups in total. The fourth-order valence-corrected chi connectivity index (χ4v) is 2.85. The van der Waals surface area contributed by atoms with Crippen LogP contribution in [0.1, 0.15) is 24.3 Å². The Hall–Kier alpha value is -2.82. The highest BCUT2D eigenvalue weighted by atomic mass is 16.5. The molecule has 0 bridgehead atoms. The Balaban J connectivity index is 1.95. The number of methoxy groups -OCH3 is 1. The molecular formula is C19H20N2O3. The Kier molecular flexibility index (Phi) is 4.25. The average molecular weight is 324 g/mol. The molecule has 1 aromatic heterocycles. The molecule has 5 nitrogen and oxygen atoms in total. The number of esters is 1. The number of carbonyl (C=O) groups is 2. The van der Waals surface area contributed by atoms with Crippen LogP contribution in [0, 0.1) is 5.92 Å². The first kappa shape index (κ1) is 16.1. The molecule has 0 unspecified atom stereocenters. The molecular weight excluding hydrogens is 304 g/mol. The van der Waals surface area contributed by atoms with Gasteiger partial charge in [-0.3, -0.25) is 4.79 Å². The van der Waals surface area contributed by atoms with Crippen LogP contribution in [0.15, 0.2) is 42.5 Å². The Morgan fingerprint density at radius 3 is 2.54 bits per heavy atom. The van der Waals surface area contributed by atoms with E-state index in [2.05, 4.69) is 10.3 Å². The van der Waals surface area contributed by atoms with Crippen molar-refractivity contribution in [1.82, 2.24) is 10.3 Å². The van der Waals surface area contributed by atoms with Crippen molar-refractivity contribution in [1.29, 1.82) is 0 Å². The molecule has 2 aromatic carbocycles. The number of amides is 1. The lowest BCUT2D eigenvalue weighted by atomic mass is 10.0. The maximum atomic E-state index is 12.5. The van der Waals surface area contributed by atoms with Crippen LogP contribution < -0.4 is 5.32 Å². The van der Waals surface area contributed by atoms with Crippen LogP contribution in [0.4, 0.5) is 0 Å². The number of carbonyl (C=O) groups excluding carboxylic acids is 2. The van der Waals surface area contributed by atoms with Crippen LogP contribution in [0.25, 0.3) is 21.7 Å². The lowest BCUT2D eigenvalue weighted by Gasteiger charge is -2.19. The SMILES string of the molecule is COC(=O)[C@H](NC(=O)c1cc2c(ccc3ccccc32)[nH]1)C(C)C. The lowest BCUT2D eigenvalue weighted by Crippen LogP contribution is -2.45. The minimum atomic E-state index is -0.675. The highest BCUT2D eigenvalue weighted by Gasteiger charge is 2.26. The smallest absolute Gasteiger partial charge is 0.328 e. The highest BCUT2D eigenvalue weighted by molar-refractivity contribution is 6.10. The van der Waals surface area contributed by atoms with Gasteiger partial charge in [0, 0.05) is 10.9 Å². The van der Waals surface area contributed by atoms with Crippen molar-refractivity contribution in [3.8, 4) is 0 Å². The van der Waals surface area contributed by atoms with E-state index in [1.165, 1.54) is 7.11 Å². The number of fused-ring (bicyclic) bond motifs is 3. The Labute approximate surface area is 140 Å². The molecule has 1 atom stereocenters. The van der Waals surface area contributed by atoms with Gasteiger partial charge in [-0.15, -0.1) is 0 Å². The van der Waals surface area contributed by atoms with Crippen molar-refractivity contribution in [2.45, 2.75) is 19.9 Å². The van der Waals surface area contributed by atoms with Gasteiger partial charge in [0.2, 0.25) is 0 Å². The van der Waals surface area contributed by atoms with Crippen LogP contribution in [-0.2, 0) is 9.53 Å². The Bertz CT molecular complexity index is 911. The summed E-state index contributed by atoms with van der Waals surface area (Å²) in [4.78, 5) is 27.5. The molecule has 0 spiro atoms. The van der Waals surface area contributed by atoms with E-state index in [0.29, 0.717) is 5.69 Å². The molecule has 3 aromatic rings. The van der Waals surface area contributed by atoms with Crippen LogP contribution in [0.5, 0.6) is 0 Å². The molecule has 0 aliphatic carbocycles. The molecule has 0 fully saturated rings. The second-order valence-electron chi connectivity index (χ2n) is 6.15. The molecule has 0 saturated carbocycles. The number of H-pyrrole nitrogens is 1. The van der Waals surface area contributed by atoms with E-state index in [9.17, 15) is 9.59 Å². The summed E-state index contributed by atoms with van der Waals surface area (Å²) in [6.45, 7) is 3.72. The van der Waals surface area contributed by atoms with E-state index >= 15 is 0 Å². The first-order chi connectivity index (χ1) is 11.5. The second kappa shape index (κ2) is 6.35. The molecule has 124 valence electrons. The van der Waals surface area contributed by atoms with Crippen molar-refractivity contribution < 1.29 is 14.3 Å². The summed E-state index contributed by atoms with van der Waals surface area (Å²) in [5.74, 6) is -0.828. The molecule has 0 radical (unpaired) electrons. The normalized spacial score (nSPS) is 12.5. The number of rotatable bonds is 4. The summed E-state index contributed by atoms with van der Waals surface area (Å²) >= 11 is 0. The summed E-state index contributed by atoms with van der Waals surface area (Å²) in [5.41, 5.74) is 1.31. The van der Waals surface area contributed by atoms with E-state index in [1.54, 1.807) is 0 Å². The number of benzene rings is 2. The average Bonchev–Trinajstić information content (AvgIpc) is 3.03. The number of ether oxygens (including phenoxy) is 1. The van der Waals surface area contributed by atoms with Crippen molar-refractivity contribution in [3.05, 3.63) is 48.2 Å². The predicted molar refractivity (Wildman–Crippen MR) is 93.9 cm³/mol. The topological polar surface area (TPSA) is 71.2 Å². The Morgan fingerprint density at radius 1 is 1.08 bits per heavy atom. The molecule has 1 heterocycles. The summed E-state index contributed by atoms with van der Waals surface area (Å²) in [6.07, 6.45) is 0. The third-order valence-electron chi connectivity index (χ3n) is 4.18. The third kappa shape index (κ3) is 2.85. The van der Waals surface area contributed by atoms with E-state index in [1.807, 2.05) is 56.3 Å². The molecule has 0 saturated heterocycles. The van der Waals surface area contributed by atoms with Gasteiger partial charge in [-0.2, -0.15) is 0 Å². The van der Waals surface area contributed by atoms with Crippen LogP contribution in [-0.4, -0.2) is 30.0 Å². The van der Waals surface area contributed by atoms with Gasteiger partial charge in [0.15, 0.2) is 0 Å². The minimum absolute atomic E-state index is 0.0633. The van der Waals surface area contributed by atoms with E-state index in [-0.39, 0.29) is 11.8 Å². The summed E-state index contributed by atoms with van der Waals surface area (Å²) < 4.78 is 4.76. The summed E-state index contributed by atoms with van der Waals surface area (Å²) in [5, 5.41) is 5.93. The van der Waals surface area contributed by atoms with Gasteiger partial charge >= 0.3 is 5.97 Å². The monoisotopic (exact) mass is 324 g/mol. The summed E-state index contributed by atoms with van der Waals surface area (Å²) in [7, 11) is 1.32. The second-order valence-corrected chi connectivity index (χ2v) is 6.15. The first-order valence-electron chi connectivity index (χ1n) is 7.90. The van der Waals surface area contributed by atoms with Crippen LogP contribution >= 0.6 is 0 Å². The van der Waals surface area contributed by atoms with E-state index in [0.717, 1.165) is 21.7 Å². The number of nitrogens with one attached hydrogen (secondary N) is 2. The van der Waals surface area contributed by atoms with E-state index < -0.39 is 12.0 Å². The maximum Gasteiger partial charge on any atom is 0.328 e. The number of aromatic amines is 1. The van der Waals surface area contributed by atoms with Gasteiger partial charge in [0.25, 0.3) is 5.91 Å². The van der Waals surface area contributed by atoms with Gasteiger partial charge in [-0.25, -0.2) is 4.79 Å². The van der Waals surface area contributed by atoms with E-state index in [4.69, 9.17) is 4.74 Å². The zero-order chi connectivity index (χ0) is 17.3. The molecule has 1 amide bonds. The van der Waals surface area contributed by atoms with Gasteiger partial charge in [-0.1, -0.05) is 44.2 Å². The number of hydrogen-bond acceptors (Lipinski definition) is 3. The van der Waals surface area contributed by atoms with Gasteiger partial charge < -0.3 is 15.0 Å². The largest absolute Gasteiger partial charge is 0.467 e. The molecule has 5 heteroatoms. The van der Waals surface area contributed by atoms with Crippen molar-refractivity contribution in [3.63, 3.8) is 0 Å². The van der Waals surface area contributed by atoms with Crippen molar-refractivity contribution in [2.24, 2.45) is 5.92 Å². The fourth-order valence-electron chi connectivity index (χ4n) is 2.85. The third-order valence-corrected chi connectivity index (χ3v) is 4.18. The quantitative estimate of drug-likeness (QED) is 0.724. The molecule has 3 rings (SSSR count). The van der Waals surface area contributed by atoms with Gasteiger partial charge in [-0.05, 0) is 28.8 Å². The van der Waals surface area contributed by atoms with Crippen LogP contribution in [0.2, 0.25) is 0 Å². The Morgan fingerprint density at radius 2 is 1.83 bits per heavy atom. The lowest BCUT2D eigenvalue weighted by molar-refractivity contribution is -0.144. The fraction of sp³-hybridized carbons (Fsp3) is 0.263. The molecule has 24 heavy (non-hydrogen) atoms. The zero-order valence-corrected chi connectivity index (χ0v) is 13.9. The van der Waals surface area contributed by atoms with Gasteiger partial charge in [0.05, 0.1) is 7.11 Å². The molecule has 0 aliphatic heterocycles. The number of aromatic nitrogens is 1. The maximum absolute atomic E-state index is 12.5. The van der Waals surface area contributed by atoms with Gasteiger partial charge in [0.1, 0.15) is 11.7 Å². The minimum Gasteiger partial charge on any atom is -0.467 e. The predicted octanol–water partition coefficient (Wildman–Crippen LogP) is 3.25. The first-order valence-corrected chi connectivity index (χ1v) is 7.90. The summed E-state index contributed by atoms with van der Waals surface area (Å²) in [6, 6.07) is 13.1. The molecule has 0 aliphatic rings. The number of hydrogen-bond donors (Lipinski definition) is 2. The zero-order valence-electron chi connectivity index (χ0n) is 13.9. The highest BCUT2D eigenvalue weighted by Crippen LogP contribution is 2.26. The van der Waals surface area contributed by atoms with Crippen LogP contribution in [0.3, 0.4) is 0 Å². The van der Waals surface area contributed by atoms with Crippen molar-refractivity contribution in [2.75, 3.05) is 7.11 Å².